The number of rotatable bonds is 7. The minimum Gasteiger partial charge on any atom is -0.330 e. The first-order chi connectivity index (χ1) is 13.4. The summed E-state index contributed by atoms with van der Waals surface area (Å²) in [6, 6.07) is 13.8. The second kappa shape index (κ2) is 8.64. The van der Waals surface area contributed by atoms with Crippen LogP contribution in [0.3, 0.4) is 0 Å². The third-order valence-corrected chi connectivity index (χ3v) is 6.46. The first-order valence-corrected chi connectivity index (χ1v) is 11.1. The Morgan fingerprint density at radius 1 is 1.14 bits per heavy atom. The van der Waals surface area contributed by atoms with Crippen molar-refractivity contribution in [1.29, 1.82) is 0 Å². The summed E-state index contributed by atoms with van der Waals surface area (Å²) in [5.41, 5.74) is 8.90. The number of carbonyl (C=O) groups excluding carboxylic acids is 1. The number of amides is 1. The number of benzene rings is 2. The Morgan fingerprint density at radius 2 is 1.86 bits per heavy atom. The Balaban J connectivity index is 1.71. The lowest BCUT2D eigenvalue weighted by atomic mass is 10.1. The third-order valence-electron chi connectivity index (χ3n) is 4.08. The molecule has 0 fully saturated rings. The highest BCUT2D eigenvalue weighted by atomic mass is 32.2. The van der Waals surface area contributed by atoms with E-state index in [0.717, 1.165) is 28.2 Å². The van der Waals surface area contributed by atoms with E-state index in [1.54, 1.807) is 12.1 Å². The summed E-state index contributed by atoms with van der Waals surface area (Å²) in [5, 5.41) is 2.63. The first kappa shape index (κ1) is 20.2. The molecule has 1 amide bonds. The average molecular weight is 416 g/mol. The summed E-state index contributed by atoms with van der Waals surface area (Å²) in [7, 11) is -3.96. The van der Waals surface area contributed by atoms with Gasteiger partial charge in [0.15, 0.2) is 0 Å². The van der Waals surface area contributed by atoms with Crippen LogP contribution in [0.1, 0.15) is 16.8 Å². The van der Waals surface area contributed by atoms with E-state index < -0.39 is 15.9 Å². The van der Waals surface area contributed by atoms with Crippen molar-refractivity contribution < 1.29 is 13.2 Å². The second-order valence-electron chi connectivity index (χ2n) is 6.38. The maximum atomic E-state index is 12.6. The minimum atomic E-state index is -3.96. The quantitative estimate of drug-likeness (QED) is 0.618. The van der Waals surface area contributed by atoms with Crippen LogP contribution in [-0.4, -0.2) is 25.9 Å². The molecular formula is C20H21N3O3S2. The average Bonchev–Trinajstić information content (AvgIpc) is 3.10. The van der Waals surface area contributed by atoms with Crippen LogP contribution >= 0.6 is 11.3 Å². The molecule has 0 radical (unpaired) electrons. The fourth-order valence-electron chi connectivity index (χ4n) is 2.70. The van der Waals surface area contributed by atoms with Crippen molar-refractivity contribution in [3.8, 4) is 10.6 Å². The molecule has 0 unspecified atom stereocenters. The molecule has 0 saturated carbocycles. The van der Waals surface area contributed by atoms with E-state index in [4.69, 9.17) is 5.73 Å². The van der Waals surface area contributed by atoms with Crippen molar-refractivity contribution in [2.75, 3.05) is 6.54 Å². The van der Waals surface area contributed by atoms with Gasteiger partial charge in [0.05, 0.1) is 11.3 Å². The lowest BCUT2D eigenvalue weighted by molar-refractivity contribution is -0.118. The van der Waals surface area contributed by atoms with Gasteiger partial charge in [-0.05, 0) is 43.1 Å². The molecule has 0 aliphatic carbocycles. The van der Waals surface area contributed by atoms with Crippen LogP contribution in [0.25, 0.3) is 10.6 Å². The van der Waals surface area contributed by atoms with Crippen LogP contribution in [0.4, 0.5) is 0 Å². The van der Waals surface area contributed by atoms with Crippen LogP contribution in [0.2, 0.25) is 0 Å². The summed E-state index contributed by atoms with van der Waals surface area (Å²) in [4.78, 5) is 16.7. The topological polar surface area (TPSA) is 102 Å². The molecule has 28 heavy (non-hydrogen) atoms. The Hall–Kier alpha value is -2.55. The second-order valence-corrected chi connectivity index (χ2v) is 8.92. The van der Waals surface area contributed by atoms with E-state index in [1.165, 1.54) is 23.5 Å². The molecule has 1 aromatic heterocycles. The summed E-state index contributed by atoms with van der Waals surface area (Å²) >= 11 is 1.44. The molecule has 0 aliphatic rings. The molecular weight excluding hydrogens is 394 g/mol. The summed E-state index contributed by atoms with van der Waals surface area (Å²) in [6.45, 7) is 2.43. The van der Waals surface area contributed by atoms with E-state index >= 15 is 0 Å². The summed E-state index contributed by atoms with van der Waals surface area (Å²) < 4.78 is 27.3. The van der Waals surface area contributed by atoms with Gasteiger partial charge in [-0.1, -0.05) is 36.4 Å². The molecule has 8 heteroatoms. The van der Waals surface area contributed by atoms with E-state index in [2.05, 4.69) is 9.71 Å². The molecule has 0 saturated heterocycles. The van der Waals surface area contributed by atoms with Crippen molar-refractivity contribution in [3.63, 3.8) is 0 Å². The van der Waals surface area contributed by atoms with E-state index in [9.17, 15) is 13.2 Å². The predicted molar refractivity (Wildman–Crippen MR) is 111 cm³/mol. The zero-order chi connectivity index (χ0) is 20.1. The monoisotopic (exact) mass is 415 g/mol. The SMILES string of the molecule is Cc1csc(-c2cccc(S(=O)(=O)NC(=O)Cc3ccc(CCN)cc3)c2)n1. The van der Waals surface area contributed by atoms with Crippen LogP contribution in [-0.2, 0) is 27.7 Å². The van der Waals surface area contributed by atoms with Gasteiger partial charge >= 0.3 is 0 Å². The smallest absolute Gasteiger partial charge is 0.264 e. The highest BCUT2D eigenvalue weighted by molar-refractivity contribution is 7.90. The normalized spacial score (nSPS) is 11.4. The van der Waals surface area contributed by atoms with Crippen LogP contribution in [0.5, 0.6) is 0 Å². The van der Waals surface area contributed by atoms with Crippen LogP contribution in [0, 0.1) is 6.92 Å². The highest BCUT2D eigenvalue weighted by Gasteiger charge is 2.19. The van der Waals surface area contributed by atoms with E-state index in [-0.39, 0.29) is 11.3 Å². The van der Waals surface area contributed by atoms with Gasteiger partial charge in [0, 0.05) is 16.6 Å². The van der Waals surface area contributed by atoms with Crippen molar-refractivity contribution in [3.05, 3.63) is 70.7 Å². The number of hydrogen-bond donors (Lipinski definition) is 2. The minimum absolute atomic E-state index is 0.0203. The number of nitrogens with zero attached hydrogens (tertiary/aromatic N) is 1. The predicted octanol–water partition coefficient (Wildman–Crippen LogP) is 2.67. The number of hydrogen-bond acceptors (Lipinski definition) is 6. The van der Waals surface area contributed by atoms with Crippen molar-refractivity contribution in [2.24, 2.45) is 5.73 Å². The number of nitrogens with one attached hydrogen (secondary N) is 1. The summed E-state index contributed by atoms with van der Waals surface area (Å²) in [6.07, 6.45) is 0.739. The zero-order valence-corrected chi connectivity index (χ0v) is 17.0. The number of sulfonamides is 1. The molecule has 0 aliphatic heterocycles. The van der Waals surface area contributed by atoms with Gasteiger partial charge in [-0.15, -0.1) is 11.3 Å². The van der Waals surface area contributed by atoms with E-state index in [1.807, 2.05) is 36.6 Å². The van der Waals surface area contributed by atoms with Gasteiger partial charge in [-0.25, -0.2) is 18.1 Å². The number of aromatic nitrogens is 1. The molecule has 0 spiro atoms. The molecule has 0 bridgehead atoms. The molecule has 3 rings (SSSR count). The lowest BCUT2D eigenvalue weighted by Gasteiger charge is -2.08. The highest BCUT2D eigenvalue weighted by Crippen LogP contribution is 2.25. The Labute approximate surface area is 168 Å². The first-order valence-electron chi connectivity index (χ1n) is 8.73. The standard InChI is InChI=1S/C20H21N3O3S2/c1-14-13-27-20(22-14)17-3-2-4-18(12-17)28(25,26)23-19(24)11-16-7-5-15(6-8-16)9-10-21/h2-8,12-13H,9-11,21H2,1H3,(H,23,24). The van der Waals surface area contributed by atoms with Crippen molar-refractivity contribution >= 4 is 27.3 Å². The van der Waals surface area contributed by atoms with Crippen molar-refractivity contribution in [1.82, 2.24) is 9.71 Å². The fraction of sp³-hybridized carbons (Fsp3) is 0.200. The lowest BCUT2D eigenvalue weighted by Crippen LogP contribution is -2.31. The number of aryl methyl sites for hydroxylation is 1. The van der Waals surface area contributed by atoms with Gasteiger partial charge in [-0.3, -0.25) is 4.79 Å². The molecule has 1 heterocycles. The largest absolute Gasteiger partial charge is 0.330 e. The molecule has 3 N–H and O–H groups in total. The fourth-order valence-corrected chi connectivity index (χ4v) is 4.53. The summed E-state index contributed by atoms with van der Waals surface area (Å²) in [5.74, 6) is -0.581. The van der Waals surface area contributed by atoms with Crippen molar-refractivity contribution in [2.45, 2.75) is 24.7 Å². The Bertz CT molecular complexity index is 1070. The molecule has 0 atom stereocenters. The Morgan fingerprint density at radius 3 is 2.50 bits per heavy atom. The maximum Gasteiger partial charge on any atom is 0.264 e. The van der Waals surface area contributed by atoms with Crippen LogP contribution < -0.4 is 10.5 Å². The van der Waals surface area contributed by atoms with Gasteiger partial charge < -0.3 is 5.73 Å². The van der Waals surface area contributed by atoms with Gasteiger partial charge in [0.1, 0.15) is 5.01 Å². The van der Waals surface area contributed by atoms with Crippen LogP contribution in [0.15, 0.2) is 58.8 Å². The molecule has 3 aromatic rings. The number of carbonyl (C=O) groups is 1. The van der Waals surface area contributed by atoms with Gasteiger partial charge in [0.2, 0.25) is 5.91 Å². The molecule has 6 nitrogen and oxygen atoms in total. The molecule has 146 valence electrons. The Kier molecular flexibility index (Phi) is 6.23. The molecule has 2 aromatic carbocycles. The number of thiazole rings is 1. The number of nitrogens with two attached hydrogens (primary N) is 1. The maximum absolute atomic E-state index is 12.6. The van der Waals surface area contributed by atoms with Gasteiger partial charge in [0.25, 0.3) is 10.0 Å². The van der Waals surface area contributed by atoms with Gasteiger partial charge in [-0.2, -0.15) is 0 Å². The zero-order valence-electron chi connectivity index (χ0n) is 15.4. The van der Waals surface area contributed by atoms with E-state index in [0.29, 0.717) is 12.1 Å². The third kappa shape index (κ3) is 5.03.